The third kappa shape index (κ3) is 3.91. The molecule has 102 valence electrons. The van der Waals surface area contributed by atoms with Crippen molar-refractivity contribution in [3.8, 4) is 5.75 Å². The van der Waals surface area contributed by atoms with Crippen molar-refractivity contribution in [2.24, 2.45) is 5.10 Å². The first-order valence-corrected chi connectivity index (χ1v) is 6.26. The average Bonchev–Trinajstić information content (AvgIpc) is 2.49. The van der Waals surface area contributed by atoms with E-state index in [1.807, 2.05) is 31.2 Å². The van der Waals surface area contributed by atoms with Gasteiger partial charge in [-0.2, -0.15) is 5.10 Å². The lowest BCUT2D eigenvalue weighted by Crippen LogP contribution is -2.17. The maximum absolute atomic E-state index is 11.7. The number of benzene rings is 1. The molecule has 0 atom stereocenters. The van der Waals surface area contributed by atoms with Gasteiger partial charge in [0.1, 0.15) is 5.75 Å². The number of hydrazone groups is 1. The number of hydrogen-bond donors (Lipinski definition) is 1. The zero-order valence-corrected chi connectivity index (χ0v) is 11.1. The highest BCUT2D eigenvalue weighted by atomic mass is 16.5. The number of amides is 1. The molecule has 0 saturated carbocycles. The summed E-state index contributed by atoms with van der Waals surface area (Å²) in [5, 5.41) is 3.91. The second kappa shape index (κ2) is 7.04. The lowest BCUT2D eigenvalue weighted by atomic mass is 10.2. The van der Waals surface area contributed by atoms with Gasteiger partial charge in [-0.25, -0.2) is 5.43 Å². The van der Waals surface area contributed by atoms with Crippen LogP contribution in [0, 0.1) is 0 Å². The van der Waals surface area contributed by atoms with Gasteiger partial charge in [0.2, 0.25) is 0 Å². The molecule has 2 aromatic rings. The molecule has 0 aliphatic carbocycles. The van der Waals surface area contributed by atoms with Crippen LogP contribution >= 0.6 is 0 Å². The summed E-state index contributed by atoms with van der Waals surface area (Å²) in [5.41, 5.74) is 3.76. The standard InChI is InChI=1S/C15H15N3O2/c1-2-20-14-7-3-5-12(9-14)10-17-18-15(19)13-6-4-8-16-11-13/h3-11H,2H2,1H3,(H,18,19)/b17-10-. The van der Waals surface area contributed by atoms with Gasteiger partial charge in [-0.05, 0) is 36.8 Å². The van der Waals surface area contributed by atoms with E-state index in [4.69, 9.17) is 4.74 Å². The third-order valence-corrected chi connectivity index (χ3v) is 2.47. The van der Waals surface area contributed by atoms with Crippen molar-refractivity contribution in [1.82, 2.24) is 10.4 Å². The summed E-state index contributed by atoms with van der Waals surface area (Å²) >= 11 is 0. The highest BCUT2D eigenvalue weighted by molar-refractivity contribution is 5.94. The van der Waals surface area contributed by atoms with Gasteiger partial charge in [-0.1, -0.05) is 12.1 Å². The predicted molar refractivity (Wildman–Crippen MR) is 76.9 cm³/mol. The highest BCUT2D eigenvalue weighted by Crippen LogP contribution is 2.11. The minimum absolute atomic E-state index is 0.296. The van der Waals surface area contributed by atoms with Crippen molar-refractivity contribution < 1.29 is 9.53 Å². The Morgan fingerprint density at radius 1 is 1.40 bits per heavy atom. The normalized spacial score (nSPS) is 10.4. The van der Waals surface area contributed by atoms with Crippen LogP contribution in [-0.4, -0.2) is 23.7 Å². The van der Waals surface area contributed by atoms with Crippen molar-refractivity contribution in [2.75, 3.05) is 6.61 Å². The van der Waals surface area contributed by atoms with Crippen LogP contribution in [0.25, 0.3) is 0 Å². The molecule has 0 bridgehead atoms. The number of nitrogens with one attached hydrogen (secondary N) is 1. The summed E-state index contributed by atoms with van der Waals surface area (Å²) in [5.74, 6) is 0.477. The molecule has 0 radical (unpaired) electrons. The molecule has 1 aromatic heterocycles. The lowest BCUT2D eigenvalue weighted by molar-refractivity contribution is 0.0955. The van der Waals surface area contributed by atoms with E-state index >= 15 is 0 Å². The largest absolute Gasteiger partial charge is 0.494 e. The second-order valence-electron chi connectivity index (χ2n) is 3.95. The van der Waals surface area contributed by atoms with Crippen LogP contribution in [0.3, 0.4) is 0 Å². The number of pyridine rings is 1. The number of carbonyl (C=O) groups excluding carboxylic acids is 1. The van der Waals surface area contributed by atoms with E-state index in [1.54, 1.807) is 24.5 Å². The molecule has 1 aromatic carbocycles. The molecule has 0 spiro atoms. The molecule has 0 aliphatic heterocycles. The molecular weight excluding hydrogens is 254 g/mol. The van der Waals surface area contributed by atoms with E-state index in [9.17, 15) is 4.79 Å². The molecule has 1 heterocycles. The Hall–Kier alpha value is -2.69. The number of hydrogen-bond acceptors (Lipinski definition) is 4. The Bertz CT molecular complexity index is 597. The van der Waals surface area contributed by atoms with Crippen LogP contribution in [0.15, 0.2) is 53.9 Å². The second-order valence-corrected chi connectivity index (χ2v) is 3.95. The van der Waals surface area contributed by atoms with Gasteiger partial charge in [0.15, 0.2) is 0 Å². The Morgan fingerprint density at radius 3 is 3.05 bits per heavy atom. The van der Waals surface area contributed by atoms with Gasteiger partial charge in [-0.3, -0.25) is 9.78 Å². The first kappa shape index (κ1) is 13.7. The van der Waals surface area contributed by atoms with Gasteiger partial charge in [0.25, 0.3) is 5.91 Å². The van der Waals surface area contributed by atoms with Gasteiger partial charge in [-0.15, -0.1) is 0 Å². The molecule has 0 unspecified atom stereocenters. The Balaban J connectivity index is 1.96. The fourth-order valence-electron chi connectivity index (χ4n) is 1.58. The summed E-state index contributed by atoms with van der Waals surface area (Å²) in [4.78, 5) is 15.6. The van der Waals surface area contributed by atoms with Crippen molar-refractivity contribution >= 4 is 12.1 Å². The van der Waals surface area contributed by atoms with Crippen LogP contribution in [0.1, 0.15) is 22.8 Å². The molecule has 2 rings (SSSR count). The molecule has 1 N–H and O–H groups in total. The maximum Gasteiger partial charge on any atom is 0.272 e. The van der Waals surface area contributed by atoms with Crippen LogP contribution in [0.2, 0.25) is 0 Å². The molecule has 5 nitrogen and oxygen atoms in total. The van der Waals surface area contributed by atoms with E-state index in [-0.39, 0.29) is 5.91 Å². The monoisotopic (exact) mass is 269 g/mol. The van der Waals surface area contributed by atoms with Gasteiger partial charge >= 0.3 is 0 Å². The Morgan fingerprint density at radius 2 is 2.30 bits per heavy atom. The van der Waals surface area contributed by atoms with Crippen LogP contribution in [0.5, 0.6) is 5.75 Å². The van der Waals surface area contributed by atoms with E-state index in [1.165, 1.54) is 6.20 Å². The van der Waals surface area contributed by atoms with E-state index in [2.05, 4.69) is 15.5 Å². The number of aromatic nitrogens is 1. The molecule has 0 saturated heterocycles. The summed E-state index contributed by atoms with van der Waals surface area (Å²) < 4.78 is 5.39. The van der Waals surface area contributed by atoms with Gasteiger partial charge < -0.3 is 4.74 Å². The summed E-state index contributed by atoms with van der Waals surface area (Å²) in [7, 11) is 0. The number of nitrogens with zero attached hydrogens (tertiary/aromatic N) is 2. The smallest absolute Gasteiger partial charge is 0.272 e. The van der Waals surface area contributed by atoms with Gasteiger partial charge in [0, 0.05) is 12.4 Å². The fourth-order valence-corrected chi connectivity index (χ4v) is 1.58. The average molecular weight is 269 g/mol. The summed E-state index contributed by atoms with van der Waals surface area (Å²) in [6, 6.07) is 10.8. The third-order valence-electron chi connectivity index (χ3n) is 2.47. The van der Waals surface area contributed by atoms with E-state index in [0.29, 0.717) is 12.2 Å². The minimum Gasteiger partial charge on any atom is -0.494 e. The molecule has 0 fully saturated rings. The number of ether oxygens (including phenoxy) is 1. The van der Waals surface area contributed by atoms with Crippen molar-refractivity contribution in [3.05, 3.63) is 59.9 Å². The minimum atomic E-state index is -0.296. The van der Waals surface area contributed by atoms with Crippen LogP contribution in [0.4, 0.5) is 0 Å². The topological polar surface area (TPSA) is 63.6 Å². The molecule has 20 heavy (non-hydrogen) atoms. The highest BCUT2D eigenvalue weighted by Gasteiger charge is 2.02. The van der Waals surface area contributed by atoms with E-state index in [0.717, 1.165) is 11.3 Å². The van der Waals surface area contributed by atoms with Gasteiger partial charge in [0.05, 0.1) is 18.4 Å². The molecular formula is C15H15N3O2. The van der Waals surface area contributed by atoms with Crippen molar-refractivity contribution in [2.45, 2.75) is 6.92 Å². The van der Waals surface area contributed by atoms with E-state index < -0.39 is 0 Å². The zero-order valence-electron chi connectivity index (χ0n) is 11.1. The summed E-state index contributed by atoms with van der Waals surface area (Å²) in [6.45, 7) is 2.53. The fraction of sp³-hybridized carbons (Fsp3) is 0.133. The Labute approximate surface area is 117 Å². The zero-order chi connectivity index (χ0) is 14.2. The predicted octanol–water partition coefficient (Wildman–Crippen LogP) is 2.24. The quantitative estimate of drug-likeness (QED) is 0.669. The molecule has 0 aliphatic rings. The summed E-state index contributed by atoms with van der Waals surface area (Å²) in [6.07, 6.45) is 4.66. The number of rotatable bonds is 5. The maximum atomic E-state index is 11.7. The first-order valence-electron chi connectivity index (χ1n) is 6.26. The van der Waals surface area contributed by atoms with Crippen LogP contribution in [-0.2, 0) is 0 Å². The molecule has 1 amide bonds. The first-order chi connectivity index (χ1) is 9.79. The Kier molecular flexibility index (Phi) is 4.83. The molecule has 5 heteroatoms. The SMILES string of the molecule is CCOc1cccc(/C=N\NC(=O)c2cccnc2)c1. The van der Waals surface area contributed by atoms with Crippen molar-refractivity contribution in [1.29, 1.82) is 0 Å². The van der Waals surface area contributed by atoms with Crippen LogP contribution < -0.4 is 10.2 Å². The van der Waals surface area contributed by atoms with Crippen molar-refractivity contribution in [3.63, 3.8) is 0 Å². The lowest BCUT2D eigenvalue weighted by Gasteiger charge is -2.03. The number of carbonyl (C=O) groups is 1.